The van der Waals surface area contributed by atoms with Gasteiger partial charge in [-0.15, -0.1) is 11.3 Å². The first-order valence-corrected chi connectivity index (χ1v) is 8.33. The normalized spacial score (nSPS) is 13.7. The summed E-state index contributed by atoms with van der Waals surface area (Å²) >= 11 is 1.35. The van der Waals surface area contributed by atoms with Crippen molar-refractivity contribution >= 4 is 17.2 Å². The van der Waals surface area contributed by atoms with E-state index < -0.39 is 5.60 Å². The fourth-order valence-corrected chi connectivity index (χ4v) is 3.18. The van der Waals surface area contributed by atoms with Crippen molar-refractivity contribution in [3.05, 3.63) is 52.9 Å². The van der Waals surface area contributed by atoms with Crippen molar-refractivity contribution in [3.8, 4) is 10.6 Å². The molecule has 0 aliphatic rings. The molecule has 3 aromatic heterocycles. The van der Waals surface area contributed by atoms with Gasteiger partial charge in [0.15, 0.2) is 0 Å². The number of hydrogen-bond acceptors (Lipinski definition) is 5. The van der Waals surface area contributed by atoms with Gasteiger partial charge in [-0.2, -0.15) is 5.10 Å². The molecular formula is C17H19N3O3S. The van der Waals surface area contributed by atoms with Crippen LogP contribution >= 0.6 is 11.3 Å². The molecule has 0 radical (unpaired) electrons. The van der Waals surface area contributed by atoms with E-state index in [4.69, 9.17) is 4.42 Å². The van der Waals surface area contributed by atoms with E-state index in [2.05, 4.69) is 10.4 Å². The smallest absolute Gasteiger partial charge is 0.261 e. The van der Waals surface area contributed by atoms with Crippen LogP contribution in [0.4, 0.5) is 0 Å². The predicted molar refractivity (Wildman–Crippen MR) is 91.9 cm³/mol. The number of aromatic nitrogens is 2. The van der Waals surface area contributed by atoms with Crippen molar-refractivity contribution in [1.82, 2.24) is 15.1 Å². The Bertz CT molecular complexity index is 860. The van der Waals surface area contributed by atoms with E-state index >= 15 is 0 Å². The van der Waals surface area contributed by atoms with Gasteiger partial charge in [-0.05, 0) is 38.1 Å². The van der Waals surface area contributed by atoms with E-state index in [-0.39, 0.29) is 12.5 Å². The number of aliphatic hydroxyl groups is 1. The molecular weight excluding hydrogens is 326 g/mol. The molecule has 0 aromatic carbocycles. The van der Waals surface area contributed by atoms with Gasteiger partial charge >= 0.3 is 0 Å². The lowest BCUT2D eigenvalue weighted by molar-refractivity contribution is 0.0527. The molecule has 2 N–H and O–H groups in total. The van der Waals surface area contributed by atoms with Gasteiger partial charge in [0.1, 0.15) is 17.1 Å². The van der Waals surface area contributed by atoms with Gasteiger partial charge < -0.3 is 14.8 Å². The number of nitrogens with zero attached hydrogens (tertiary/aromatic N) is 2. The zero-order valence-corrected chi connectivity index (χ0v) is 14.6. The number of nitrogens with one attached hydrogen (secondary N) is 1. The molecule has 0 saturated heterocycles. The second-order valence-electron chi connectivity index (χ2n) is 5.93. The molecule has 1 unspecified atom stereocenters. The van der Waals surface area contributed by atoms with Crippen molar-refractivity contribution in [2.45, 2.75) is 19.4 Å². The average molecular weight is 345 g/mol. The second kappa shape index (κ2) is 6.26. The number of furan rings is 1. The Labute approximate surface area is 143 Å². The van der Waals surface area contributed by atoms with Crippen LogP contribution in [0.3, 0.4) is 0 Å². The Kier molecular flexibility index (Phi) is 4.29. The van der Waals surface area contributed by atoms with Gasteiger partial charge in [0.2, 0.25) is 0 Å². The quantitative estimate of drug-likeness (QED) is 0.745. The summed E-state index contributed by atoms with van der Waals surface area (Å²) in [5.41, 5.74) is -0.523. The number of thiophene rings is 1. The van der Waals surface area contributed by atoms with Crippen molar-refractivity contribution in [3.63, 3.8) is 0 Å². The highest BCUT2D eigenvalue weighted by atomic mass is 32.1. The summed E-state index contributed by atoms with van der Waals surface area (Å²) in [4.78, 5) is 13.8. The van der Waals surface area contributed by atoms with Crippen LogP contribution in [-0.4, -0.2) is 27.3 Å². The highest BCUT2D eigenvalue weighted by molar-refractivity contribution is 7.17. The van der Waals surface area contributed by atoms with Gasteiger partial charge in [0.05, 0.1) is 22.5 Å². The van der Waals surface area contributed by atoms with Crippen molar-refractivity contribution in [2.75, 3.05) is 6.54 Å². The molecule has 1 amide bonds. The van der Waals surface area contributed by atoms with Crippen molar-refractivity contribution < 1.29 is 14.3 Å². The Morgan fingerprint density at radius 2 is 2.21 bits per heavy atom. The monoisotopic (exact) mass is 345 g/mol. The van der Waals surface area contributed by atoms with Crippen LogP contribution in [0.15, 0.2) is 41.1 Å². The largest absolute Gasteiger partial charge is 0.461 e. The van der Waals surface area contributed by atoms with E-state index in [1.807, 2.05) is 25.1 Å². The minimum Gasteiger partial charge on any atom is -0.461 e. The third-order valence-electron chi connectivity index (χ3n) is 3.73. The molecule has 1 atom stereocenters. The maximum Gasteiger partial charge on any atom is 0.261 e. The molecule has 126 valence electrons. The molecule has 0 bridgehead atoms. The number of carbonyl (C=O) groups excluding carboxylic acids is 1. The van der Waals surface area contributed by atoms with Crippen molar-refractivity contribution in [1.29, 1.82) is 0 Å². The van der Waals surface area contributed by atoms with Gasteiger partial charge in [-0.25, -0.2) is 0 Å². The summed E-state index contributed by atoms with van der Waals surface area (Å²) in [5, 5.41) is 17.3. The van der Waals surface area contributed by atoms with Gasteiger partial charge in [-0.1, -0.05) is 0 Å². The second-order valence-corrected chi connectivity index (χ2v) is 7.02. The number of amides is 1. The lowest BCUT2D eigenvalue weighted by atomic mass is 10.00. The molecule has 0 saturated carbocycles. The Morgan fingerprint density at radius 1 is 1.42 bits per heavy atom. The van der Waals surface area contributed by atoms with Crippen LogP contribution in [0.25, 0.3) is 10.6 Å². The maximum atomic E-state index is 12.3. The first-order chi connectivity index (χ1) is 11.3. The lowest BCUT2D eigenvalue weighted by Crippen LogP contribution is -2.38. The first-order valence-electron chi connectivity index (χ1n) is 7.51. The summed E-state index contributed by atoms with van der Waals surface area (Å²) < 4.78 is 7.18. The molecule has 0 spiro atoms. The number of hydrogen-bond donors (Lipinski definition) is 2. The van der Waals surface area contributed by atoms with E-state index in [0.717, 1.165) is 16.4 Å². The first kappa shape index (κ1) is 16.5. The Morgan fingerprint density at radius 3 is 2.83 bits per heavy atom. The third-order valence-corrected chi connectivity index (χ3v) is 4.83. The predicted octanol–water partition coefficient (Wildman–Crippen LogP) is 2.69. The summed E-state index contributed by atoms with van der Waals surface area (Å²) in [6, 6.07) is 7.39. The van der Waals surface area contributed by atoms with Gasteiger partial charge in [-0.3, -0.25) is 9.48 Å². The SMILES string of the molecule is Cc1ccc(-c2ccc(C(=O)NCC(C)(O)c3cnn(C)c3)s2)o1. The Balaban J connectivity index is 1.66. The number of aryl methyl sites for hydroxylation is 2. The summed E-state index contributed by atoms with van der Waals surface area (Å²) in [6.07, 6.45) is 3.32. The van der Waals surface area contributed by atoms with E-state index in [9.17, 15) is 9.90 Å². The molecule has 24 heavy (non-hydrogen) atoms. The highest BCUT2D eigenvalue weighted by Crippen LogP contribution is 2.29. The molecule has 3 rings (SSSR count). The van der Waals surface area contributed by atoms with Crippen LogP contribution in [-0.2, 0) is 12.6 Å². The number of rotatable bonds is 5. The fraction of sp³-hybridized carbons (Fsp3) is 0.294. The molecule has 6 nitrogen and oxygen atoms in total. The Hall–Kier alpha value is -2.38. The van der Waals surface area contributed by atoms with E-state index in [1.165, 1.54) is 11.3 Å². The fourth-order valence-electron chi connectivity index (χ4n) is 2.30. The lowest BCUT2D eigenvalue weighted by Gasteiger charge is -2.22. The van der Waals surface area contributed by atoms with Crippen LogP contribution in [0.5, 0.6) is 0 Å². The average Bonchev–Trinajstić information content (AvgIpc) is 3.24. The summed E-state index contributed by atoms with van der Waals surface area (Å²) in [7, 11) is 1.78. The molecule has 0 aliphatic heterocycles. The van der Waals surface area contributed by atoms with Crippen LogP contribution in [0.2, 0.25) is 0 Å². The number of carbonyl (C=O) groups is 1. The molecule has 3 aromatic rings. The van der Waals surface area contributed by atoms with Gasteiger partial charge in [0.25, 0.3) is 5.91 Å². The third kappa shape index (κ3) is 3.42. The van der Waals surface area contributed by atoms with E-state index in [1.54, 1.807) is 37.1 Å². The topological polar surface area (TPSA) is 80.3 Å². The van der Waals surface area contributed by atoms with Crippen LogP contribution in [0, 0.1) is 6.92 Å². The molecule has 3 heterocycles. The van der Waals surface area contributed by atoms with Crippen LogP contribution < -0.4 is 5.32 Å². The zero-order valence-electron chi connectivity index (χ0n) is 13.7. The van der Waals surface area contributed by atoms with Crippen LogP contribution in [0.1, 0.15) is 27.9 Å². The molecule has 0 aliphatic carbocycles. The molecule has 0 fully saturated rings. The highest BCUT2D eigenvalue weighted by Gasteiger charge is 2.26. The summed E-state index contributed by atoms with van der Waals surface area (Å²) in [5.74, 6) is 1.36. The van der Waals surface area contributed by atoms with Crippen molar-refractivity contribution in [2.24, 2.45) is 7.05 Å². The zero-order chi connectivity index (χ0) is 17.3. The van der Waals surface area contributed by atoms with Gasteiger partial charge in [0, 0.05) is 18.8 Å². The maximum absolute atomic E-state index is 12.3. The molecule has 7 heteroatoms. The standard InChI is InChI=1S/C17H19N3O3S/c1-11-4-5-13(23-11)14-6-7-15(24-14)16(21)18-10-17(2,22)12-8-19-20(3)9-12/h4-9,22H,10H2,1-3H3,(H,18,21). The minimum absolute atomic E-state index is 0.102. The summed E-state index contributed by atoms with van der Waals surface area (Å²) in [6.45, 7) is 3.63. The minimum atomic E-state index is -1.18. The van der Waals surface area contributed by atoms with E-state index in [0.29, 0.717) is 10.4 Å².